The number of carbonyl (C=O) groups is 1. The van der Waals surface area contributed by atoms with Crippen LogP contribution in [0.25, 0.3) is 0 Å². The highest BCUT2D eigenvalue weighted by Gasteiger charge is 2.72. The maximum absolute atomic E-state index is 13.8. The molecule has 1 fully saturated rings. The standard InChI is InChI=1S/C29H24O6S2/c1-36(31,32)25-17-13-21(14-18-25)28(22-15-19-26(20-16-22)37(2,33)34)27(30)35-29(28,23-9-5-3-6-10-23)24-11-7-4-8-12-24/h3-20H,1-2H3. The minimum Gasteiger partial charge on any atom is -0.446 e. The molecule has 0 spiro atoms. The molecule has 8 heteroatoms. The summed E-state index contributed by atoms with van der Waals surface area (Å²) in [5.41, 5.74) is -0.236. The molecule has 0 aliphatic carbocycles. The lowest BCUT2D eigenvalue weighted by molar-refractivity contribution is -0.208. The van der Waals surface area contributed by atoms with E-state index in [4.69, 9.17) is 4.74 Å². The van der Waals surface area contributed by atoms with E-state index in [1.807, 2.05) is 60.7 Å². The van der Waals surface area contributed by atoms with Gasteiger partial charge in [-0.05, 0) is 35.4 Å². The third-order valence-corrected chi connectivity index (χ3v) is 9.13. The molecule has 0 saturated carbocycles. The fraction of sp³-hybridized carbons (Fsp3) is 0.138. The average Bonchev–Trinajstić information content (AvgIpc) is 2.88. The molecule has 0 bridgehead atoms. The smallest absolute Gasteiger partial charge is 0.327 e. The number of ether oxygens (including phenoxy) is 1. The van der Waals surface area contributed by atoms with E-state index >= 15 is 0 Å². The van der Waals surface area contributed by atoms with Crippen LogP contribution in [0.2, 0.25) is 0 Å². The van der Waals surface area contributed by atoms with Crippen LogP contribution in [0.3, 0.4) is 0 Å². The highest BCUT2D eigenvalue weighted by molar-refractivity contribution is 7.91. The van der Waals surface area contributed by atoms with Crippen molar-refractivity contribution in [3.05, 3.63) is 131 Å². The zero-order chi connectivity index (χ0) is 26.5. The largest absolute Gasteiger partial charge is 0.446 e. The molecule has 1 heterocycles. The lowest BCUT2D eigenvalue weighted by atomic mass is 9.54. The summed E-state index contributed by atoms with van der Waals surface area (Å²) in [6, 6.07) is 31.1. The van der Waals surface area contributed by atoms with Crippen molar-refractivity contribution in [2.75, 3.05) is 12.5 Å². The predicted molar refractivity (Wildman–Crippen MR) is 140 cm³/mol. The van der Waals surface area contributed by atoms with Gasteiger partial charge in [0.05, 0.1) is 9.79 Å². The van der Waals surface area contributed by atoms with Gasteiger partial charge in [0.25, 0.3) is 0 Å². The van der Waals surface area contributed by atoms with Crippen LogP contribution in [0.4, 0.5) is 0 Å². The van der Waals surface area contributed by atoms with Crippen molar-refractivity contribution in [3.8, 4) is 0 Å². The van der Waals surface area contributed by atoms with E-state index in [9.17, 15) is 21.6 Å². The number of carbonyl (C=O) groups excluding carboxylic acids is 1. The van der Waals surface area contributed by atoms with E-state index in [-0.39, 0.29) is 9.79 Å². The van der Waals surface area contributed by atoms with Gasteiger partial charge in [-0.3, -0.25) is 4.79 Å². The molecular weight excluding hydrogens is 508 g/mol. The summed E-state index contributed by atoms with van der Waals surface area (Å²) in [6.45, 7) is 0. The molecular formula is C29H24O6S2. The van der Waals surface area contributed by atoms with Crippen molar-refractivity contribution in [3.63, 3.8) is 0 Å². The first-order valence-corrected chi connectivity index (χ1v) is 15.3. The van der Waals surface area contributed by atoms with E-state index in [1.54, 1.807) is 24.3 Å². The summed E-state index contributed by atoms with van der Waals surface area (Å²) < 4.78 is 54.8. The predicted octanol–water partition coefficient (Wildman–Crippen LogP) is 4.28. The van der Waals surface area contributed by atoms with Crippen LogP contribution in [0, 0.1) is 0 Å². The van der Waals surface area contributed by atoms with Crippen molar-refractivity contribution in [1.82, 2.24) is 0 Å². The maximum atomic E-state index is 13.8. The molecule has 6 nitrogen and oxygen atoms in total. The molecule has 1 aliphatic rings. The van der Waals surface area contributed by atoms with Crippen LogP contribution in [0.1, 0.15) is 22.3 Å². The first-order valence-electron chi connectivity index (χ1n) is 11.5. The number of cyclic esters (lactones) is 1. The Hall–Kier alpha value is -3.75. The number of hydrogen-bond donors (Lipinski definition) is 0. The van der Waals surface area contributed by atoms with Crippen molar-refractivity contribution >= 4 is 25.6 Å². The number of rotatable bonds is 6. The Kier molecular flexibility index (Phi) is 5.84. The molecule has 0 aromatic heterocycles. The van der Waals surface area contributed by atoms with E-state index in [2.05, 4.69) is 0 Å². The van der Waals surface area contributed by atoms with Crippen LogP contribution in [0.15, 0.2) is 119 Å². The second-order valence-electron chi connectivity index (χ2n) is 9.15. The van der Waals surface area contributed by atoms with E-state index in [0.717, 1.165) is 23.6 Å². The highest BCUT2D eigenvalue weighted by Crippen LogP contribution is 2.61. The normalized spacial score (nSPS) is 16.4. The SMILES string of the molecule is CS(=O)(=O)c1ccc(C2(c3ccc(S(C)(=O)=O)cc3)C(=O)OC2(c2ccccc2)c2ccccc2)cc1. The molecule has 0 unspecified atom stereocenters. The summed E-state index contributed by atoms with van der Waals surface area (Å²) in [5, 5.41) is 0. The van der Waals surface area contributed by atoms with Crippen LogP contribution in [-0.4, -0.2) is 35.3 Å². The highest BCUT2D eigenvalue weighted by atomic mass is 32.2. The molecule has 188 valence electrons. The summed E-state index contributed by atoms with van der Waals surface area (Å²) in [6.07, 6.45) is 2.25. The summed E-state index contributed by atoms with van der Waals surface area (Å²) >= 11 is 0. The van der Waals surface area contributed by atoms with Gasteiger partial charge in [-0.2, -0.15) is 0 Å². The summed E-state index contributed by atoms with van der Waals surface area (Å²) in [4.78, 5) is 14.1. The zero-order valence-corrected chi connectivity index (χ0v) is 21.8. The Labute approximate surface area is 216 Å². The van der Waals surface area contributed by atoms with Crippen molar-refractivity contribution in [2.45, 2.75) is 20.8 Å². The Morgan fingerprint density at radius 1 is 0.514 bits per heavy atom. The Morgan fingerprint density at radius 3 is 1.16 bits per heavy atom. The van der Waals surface area contributed by atoms with Gasteiger partial charge in [-0.25, -0.2) is 16.8 Å². The van der Waals surface area contributed by atoms with Crippen LogP contribution >= 0.6 is 0 Å². The monoisotopic (exact) mass is 532 g/mol. The fourth-order valence-corrected chi connectivity index (χ4v) is 6.43. The third-order valence-electron chi connectivity index (χ3n) is 6.87. The van der Waals surface area contributed by atoms with Crippen LogP contribution in [0.5, 0.6) is 0 Å². The van der Waals surface area contributed by atoms with Gasteiger partial charge in [0.15, 0.2) is 30.7 Å². The minimum atomic E-state index is -3.47. The van der Waals surface area contributed by atoms with Crippen LogP contribution in [-0.2, 0) is 40.2 Å². The van der Waals surface area contributed by atoms with Gasteiger partial charge in [0.1, 0.15) is 0 Å². The molecule has 0 amide bonds. The molecule has 4 aromatic carbocycles. The summed E-state index contributed by atoms with van der Waals surface area (Å²) in [5.74, 6) is -0.528. The molecule has 0 atom stereocenters. The maximum Gasteiger partial charge on any atom is 0.327 e. The van der Waals surface area contributed by atoms with Crippen molar-refractivity contribution in [1.29, 1.82) is 0 Å². The first-order chi connectivity index (χ1) is 17.5. The molecule has 37 heavy (non-hydrogen) atoms. The Morgan fingerprint density at radius 2 is 0.865 bits per heavy atom. The number of esters is 1. The third kappa shape index (κ3) is 3.79. The van der Waals surface area contributed by atoms with E-state index in [0.29, 0.717) is 11.1 Å². The molecule has 5 rings (SSSR count). The quantitative estimate of drug-likeness (QED) is 0.344. The zero-order valence-electron chi connectivity index (χ0n) is 20.2. The lowest BCUT2D eigenvalue weighted by Crippen LogP contribution is -2.68. The van der Waals surface area contributed by atoms with Gasteiger partial charge >= 0.3 is 5.97 Å². The van der Waals surface area contributed by atoms with Gasteiger partial charge in [-0.15, -0.1) is 0 Å². The van der Waals surface area contributed by atoms with Crippen molar-refractivity contribution in [2.24, 2.45) is 0 Å². The van der Waals surface area contributed by atoms with E-state index < -0.39 is 36.7 Å². The van der Waals surface area contributed by atoms with Gasteiger partial charge in [-0.1, -0.05) is 84.9 Å². The molecule has 1 aliphatic heterocycles. The van der Waals surface area contributed by atoms with Crippen LogP contribution < -0.4 is 0 Å². The van der Waals surface area contributed by atoms with Gasteiger partial charge < -0.3 is 4.74 Å². The molecule has 0 N–H and O–H groups in total. The lowest BCUT2D eigenvalue weighted by Gasteiger charge is -2.57. The second-order valence-corrected chi connectivity index (χ2v) is 13.2. The topological polar surface area (TPSA) is 94.6 Å². The molecule has 0 radical (unpaired) electrons. The summed E-state index contributed by atoms with van der Waals surface area (Å²) in [7, 11) is -6.94. The Balaban J connectivity index is 1.87. The first kappa shape index (κ1) is 24.9. The Bertz CT molecular complexity index is 1560. The number of benzene rings is 4. The fourth-order valence-electron chi connectivity index (χ4n) is 5.17. The van der Waals surface area contributed by atoms with Gasteiger partial charge in [0, 0.05) is 23.6 Å². The molecule has 4 aromatic rings. The molecule has 1 saturated heterocycles. The van der Waals surface area contributed by atoms with Gasteiger partial charge in [0.2, 0.25) is 0 Å². The average molecular weight is 533 g/mol. The number of sulfone groups is 2. The second kappa shape index (κ2) is 8.68. The van der Waals surface area contributed by atoms with E-state index in [1.165, 1.54) is 24.3 Å². The number of hydrogen-bond acceptors (Lipinski definition) is 6. The van der Waals surface area contributed by atoms with Crippen molar-refractivity contribution < 1.29 is 26.4 Å². The minimum absolute atomic E-state index is 0.122.